The summed E-state index contributed by atoms with van der Waals surface area (Å²) in [7, 11) is 1.11. The first-order chi connectivity index (χ1) is 9.29. The van der Waals surface area contributed by atoms with Crippen molar-refractivity contribution in [2.75, 3.05) is 7.11 Å². The van der Waals surface area contributed by atoms with Gasteiger partial charge >= 0.3 is 17.7 Å². The Morgan fingerprint density at radius 1 is 1.10 bits per heavy atom. The fourth-order valence-electron chi connectivity index (χ4n) is 2.52. The Morgan fingerprint density at radius 2 is 1.65 bits per heavy atom. The molecule has 0 aromatic rings. The number of carbonyl (C=O) groups is 2. The zero-order chi connectivity index (χ0) is 15.3. The summed E-state index contributed by atoms with van der Waals surface area (Å²) in [5, 5.41) is 0. The maximum absolute atomic E-state index is 11.7. The molecule has 0 heterocycles. The monoisotopic (exact) mass is 282 g/mol. The molecule has 0 atom stereocenters. The van der Waals surface area contributed by atoms with Crippen LogP contribution in [0.15, 0.2) is 0 Å². The minimum absolute atomic E-state index is 0.234. The molecule has 0 aromatic carbocycles. The van der Waals surface area contributed by atoms with Crippen molar-refractivity contribution >= 4 is 17.7 Å². The molecule has 0 N–H and O–H groups in total. The molecule has 6 nitrogen and oxygen atoms in total. The van der Waals surface area contributed by atoms with Gasteiger partial charge in [-0.15, -0.1) is 0 Å². The van der Waals surface area contributed by atoms with Crippen LogP contribution in [0.3, 0.4) is 0 Å². The standard InChI is InChI=1S/C14H22N2O4/c1-14(2,3)9-5-7-10(8-6-9)20-13(18)11(16-15)12(17)19-4/h9-10H,5-8H2,1-4H3. The van der Waals surface area contributed by atoms with E-state index < -0.39 is 17.7 Å². The molecule has 0 amide bonds. The minimum atomic E-state index is -0.999. The van der Waals surface area contributed by atoms with E-state index in [-0.39, 0.29) is 11.5 Å². The second-order valence-electron chi connectivity index (χ2n) is 6.19. The topological polar surface area (TPSA) is 89.0 Å². The second-order valence-corrected chi connectivity index (χ2v) is 6.19. The Bertz CT molecular complexity index is 425. The minimum Gasteiger partial charge on any atom is -0.460 e. The Morgan fingerprint density at radius 3 is 2.05 bits per heavy atom. The predicted octanol–water partition coefficient (Wildman–Crippen LogP) is 1.98. The van der Waals surface area contributed by atoms with Crippen LogP contribution in [0.4, 0.5) is 0 Å². The first kappa shape index (κ1) is 16.4. The third-order valence-electron chi connectivity index (χ3n) is 3.84. The average molecular weight is 282 g/mol. The molecule has 20 heavy (non-hydrogen) atoms. The summed E-state index contributed by atoms with van der Waals surface area (Å²) in [6.45, 7) is 6.62. The second kappa shape index (κ2) is 6.66. The van der Waals surface area contributed by atoms with Crippen LogP contribution < -0.4 is 0 Å². The molecule has 0 radical (unpaired) electrons. The van der Waals surface area contributed by atoms with E-state index in [1.54, 1.807) is 0 Å². The molecular formula is C14H22N2O4. The van der Waals surface area contributed by atoms with Gasteiger partial charge in [0.25, 0.3) is 0 Å². The summed E-state index contributed by atoms with van der Waals surface area (Å²) in [4.78, 5) is 25.5. The number of rotatable bonds is 3. The molecule has 1 aliphatic carbocycles. The molecule has 0 bridgehead atoms. The fourth-order valence-corrected chi connectivity index (χ4v) is 2.52. The summed E-state index contributed by atoms with van der Waals surface area (Å²) in [6.07, 6.45) is 3.24. The highest BCUT2D eigenvalue weighted by atomic mass is 16.6. The van der Waals surface area contributed by atoms with Gasteiger partial charge in [-0.1, -0.05) is 20.8 Å². The molecular weight excluding hydrogens is 260 g/mol. The molecule has 0 aliphatic heterocycles. The molecule has 0 aromatic heterocycles. The number of hydrogen-bond acceptors (Lipinski definition) is 4. The van der Waals surface area contributed by atoms with Crippen LogP contribution in [0.1, 0.15) is 46.5 Å². The molecule has 1 aliphatic rings. The highest BCUT2D eigenvalue weighted by molar-refractivity contribution is 6.60. The van der Waals surface area contributed by atoms with Gasteiger partial charge in [0.1, 0.15) is 6.10 Å². The molecule has 112 valence electrons. The highest BCUT2D eigenvalue weighted by Gasteiger charge is 2.36. The smallest absolute Gasteiger partial charge is 0.460 e. The number of methoxy groups -OCH3 is 1. The van der Waals surface area contributed by atoms with Crippen molar-refractivity contribution in [1.82, 2.24) is 0 Å². The van der Waals surface area contributed by atoms with Gasteiger partial charge in [-0.2, -0.15) is 4.79 Å². The van der Waals surface area contributed by atoms with E-state index in [1.165, 1.54) is 0 Å². The van der Waals surface area contributed by atoms with Gasteiger partial charge in [-0.3, -0.25) is 0 Å². The normalized spacial score (nSPS) is 22.6. The van der Waals surface area contributed by atoms with E-state index in [1.807, 2.05) is 0 Å². The van der Waals surface area contributed by atoms with Gasteiger partial charge < -0.3 is 15.0 Å². The van der Waals surface area contributed by atoms with Crippen LogP contribution in [-0.2, 0) is 19.1 Å². The predicted molar refractivity (Wildman–Crippen MR) is 71.9 cm³/mol. The SMILES string of the molecule is COC(=O)C(=[N+]=[N-])C(=O)OC1CCC(C(C)(C)C)CC1. The Kier molecular flexibility index (Phi) is 5.45. The first-order valence-electron chi connectivity index (χ1n) is 6.81. The lowest BCUT2D eigenvalue weighted by molar-refractivity contribution is -0.152. The van der Waals surface area contributed by atoms with Crippen molar-refractivity contribution in [2.24, 2.45) is 11.3 Å². The highest BCUT2D eigenvalue weighted by Crippen LogP contribution is 2.38. The molecule has 0 spiro atoms. The Labute approximate surface area is 119 Å². The molecule has 1 saturated carbocycles. The van der Waals surface area contributed by atoms with E-state index in [0.29, 0.717) is 5.92 Å². The zero-order valence-corrected chi connectivity index (χ0v) is 12.5. The summed E-state index contributed by atoms with van der Waals surface area (Å²) < 4.78 is 9.54. The molecule has 0 unspecified atom stereocenters. The van der Waals surface area contributed by atoms with Crippen LogP contribution in [0.2, 0.25) is 0 Å². The number of nitrogens with zero attached hydrogens (tertiary/aromatic N) is 2. The van der Waals surface area contributed by atoms with Gasteiger partial charge in [0.15, 0.2) is 0 Å². The van der Waals surface area contributed by atoms with Gasteiger partial charge in [-0.25, -0.2) is 9.59 Å². The first-order valence-corrected chi connectivity index (χ1v) is 6.81. The maximum Gasteiger partial charge on any atom is 0.482 e. The van der Waals surface area contributed by atoms with Crippen LogP contribution in [0.25, 0.3) is 5.53 Å². The fraction of sp³-hybridized carbons (Fsp3) is 0.786. The number of carbonyl (C=O) groups excluding carboxylic acids is 2. The number of ether oxygens (including phenoxy) is 2. The summed E-state index contributed by atoms with van der Waals surface area (Å²) in [5.41, 5.74) is 8.19. The largest absolute Gasteiger partial charge is 0.482 e. The van der Waals surface area contributed by atoms with E-state index in [4.69, 9.17) is 10.3 Å². The van der Waals surface area contributed by atoms with Crippen molar-refractivity contribution in [3.05, 3.63) is 5.53 Å². The average Bonchev–Trinajstić information content (AvgIpc) is 2.38. The van der Waals surface area contributed by atoms with Gasteiger partial charge in [-0.05, 0) is 37.0 Å². The van der Waals surface area contributed by atoms with E-state index in [9.17, 15) is 9.59 Å². The molecule has 1 rings (SSSR count). The summed E-state index contributed by atoms with van der Waals surface area (Å²) in [6, 6.07) is 0. The third kappa shape index (κ3) is 4.17. The van der Waals surface area contributed by atoms with Crippen molar-refractivity contribution in [3.63, 3.8) is 0 Å². The number of hydrogen-bond donors (Lipinski definition) is 0. The van der Waals surface area contributed by atoms with E-state index in [0.717, 1.165) is 32.8 Å². The van der Waals surface area contributed by atoms with Crippen molar-refractivity contribution in [2.45, 2.75) is 52.6 Å². The third-order valence-corrected chi connectivity index (χ3v) is 3.84. The Hall–Kier alpha value is -1.68. The van der Waals surface area contributed by atoms with Crippen molar-refractivity contribution in [1.29, 1.82) is 0 Å². The van der Waals surface area contributed by atoms with Crippen LogP contribution in [0.5, 0.6) is 0 Å². The Balaban J connectivity index is 2.54. The van der Waals surface area contributed by atoms with Crippen molar-refractivity contribution in [3.8, 4) is 0 Å². The molecule has 1 fully saturated rings. The zero-order valence-electron chi connectivity index (χ0n) is 12.5. The molecule has 0 saturated heterocycles. The lowest BCUT2D eigenvalue weighted by Crippen LogP contribution is -2.35. The molecule has 6 heteroatoms. The summed E-state index contributed by atoms with van der Waals surface area (Å²) in [5.74, 6) is -1.33. The maximum atomic E-state index is 11.7. The lowest BCUT2D eigenvalue weighted by Gasteiger charge is -2.36. The van der Waals surface area contributed by atoms with E-state index >= 15 is 0 Å². The quantitative estimate of drug-likeness (QED) is 0.260. The van der Waals surface area contributed by atoms with Gasteiger partial charge in [0, 0.05) is 0 Å². The number of esters is 2. The van der Waals surface area contributed by atoms with Crippen LogP contribution in [-0.4, -0.2) is 35.7 Å². The summed E-state index contributed by atoms with van der Waals surface area (Å²) >= 11 is 0. The van der Waals surface area contributed by atoms with E-state index in [2.05, 4.69) is 30.3 Å². The lowest BCUT2D eigenvalue weighted by atomic mass is 9.72. The van der Waals surface area contributed by atoms with Crippen LogP contribution >= 0.6 is 0 Å². The van der Waals surface area contributed by atoms with Crippen molar-refractivity contribution < 1.29 is 23.9 Å². The van der Waals surface area contributed by atoms with Gasteiger partial charge in [0.05, 0.1) is 7.11 Å². The van der Waals surface area contributed by atoms with Gasteiger partial charge in [0.2, 0.25) is 0 Å². The van der Waals surface area contributed by atoms with Crippen LogP contribution in [0, 0.1) is 11.3 Å².